The van der Waals surface area contributed by atoms with Gasteiger partial charge in [0.05, 0.1) is 12.2 Å². The van der Waals surface area contributed by atoms with E-state index in [0.29, 0.717) is 26.0 Å². The van der Waals surface area contributed by atoms with E-state index in [1.54, 1.807) is 28.8 Å². The van der Waals surface area contributed by atoms with Crippen molar-refractivity contribution in [3.8, 4) is 11.5 Å². The summed E-state index contributed by atoms with van der Waals surface area (Å²) in [6, 6.07) is 17.8. The Balaban J connectivity index is 1.20. The van der Waals surface area contributed by atoms with Crippen LogP contribution in [0.4, 0.5) is 4.39 Å². The van der Waals surface area contributed by atoms with Gasteiger partial charge in [-0.05, 0) is 74.5 Å². The lowest BCUT2D eigenvalue weighted by atomic mass is 9.96. The van der Waals surface area contributed by atoms with Crippen molar-refractivity contribution in [2.24, 2.45) is 0 Å². The van der Waals surface area contributed by atoms with Crippen LogP contribution in [-0.2, 0) is 13.1 Å². The van der Waals surface area contributed by atoms with Gasteiger partial charge >= 0.3 is 0 Å². The molecule has 1 aromatic heterocycles. The lowest BCUT2D eigenvalue weighted by Gasteiger charge is -2.27. The highest BCUT2D eigenvalue weighted by atomic mass is 19.1. The summed E-state index contributed by atoms with van der Waals surface area (Å²) in [7, 11) is 0. The second-order valence-electron chi connectivity index (χ2n) is 9.66. The van der Waals surface area contributed by atoms with Crippen molar-refractivity contribution in [1.29, 1.82) is 0 Å². The minimum atomic E-state index is -0.960. The van der Waals surface area contributed by atoms with Crippen LogP contribution in [0.25, 0.3) is 0 Å². The Labute approximate surface area is 211 Å². The standard InChI is InChI=1S/C29H35FN2O4/c1-23-8-13-28(33)32(20-23)17-5-19-35-25-11-9-24(10-12-25)21-31-16-4-14-29(34,15-18-31)22-36-27-7-3-2-6-26(27)30/h2-3,6-13,20,34H,4-5,14-19,21-22H2,1H3/t29-/m1/s1. The van der Waals surface area contributed by atoms with Crippen molar-refractivity contribution < 1.29 is 19.0 Å². The number of aromatic nitrogens is 1. The molecule has 0 amide bonds. The van der Waals surface area contributed by atoms with E-state index in [0.717, 1.165) is 43.8 Å². The molecule has 6 nitrogen and oxygen atoms in total. The van der Waals surface area contributed by atoms with E-state index in [2.05, 4.69) is 17.0 Å². The van der Waals surface area contributed by atoms with E-state index >= 15 is 0 Å². The molecule has 4 rings (SSSR count). The molecule has 1 atom stereocenters. The van der Waals surface area contributed by atoms with Gasteiger partial charge in [-0.15, -0.1) is 0 Å². The van der Waals surface area contributed by atoms with Crippen molar-refractivity contribution in [1.82, 2.24) is 9.47 Å². The van der Waals surface area contributed by atoms with E-state index in [-0.39, 0.29) is 17.9 Å². The fourth-order valence-electron chi connectivity index (χ4n) is 4.51. The largest absolute Gasteiger partial charge is 0.494 e. The Morgan fingerprint density at radius 2 is 1.81 bits per heavy atom. The summed E-state index contributed by atoms with van der Waals surface area (Å²) in [4.78, 5) is 14.2. The number of aliphatic hydroxyl groups is 1. The third-order valence-corrected chi connectivity index (χ3v) is 6.62. The lowest BCUT2D eigenvalue weighted by Crippen LogP contribution is -2.37. The molecule has 0 saturated carbocycles. The van der Waals surface area contributed by atoms with Gasteiger partial charge in [-0.2, -0.15) is 0 Å². The smallest absolute Gasteiger partial charge is 0.250 e. The van der Waals surface area contributed by atoms with Gasteiger partial charge in [0.2, 0.25) is 0 Å². The van der Waals surface area contributed by atoms with Gasteiger partial charge in [0, 0.05) is 31.9 Å². The summed E-state index contributed by atoms with van der Waals surface area (Å²) in [5.41, 5.74) is 1.30. The van der Waals surface area contributed by atoms with Crippen molar-refractivity contribution in [2.45, 2.75) is 51.3 Å². The molecule has 2 aromatic carbocycles. The molecule has 7 heteroatoms. The van der Waals surface area contributed by atoms with Crippen LogP contribution in [-0.4, -0.2) is 46.5 Å². The predicted octanol–water partition coefficient (Wildman–Crippen LogP) is 4.56. The molecule has 192 valence electrons. The van der Waals surface area contributed by atoms with Crippen LogP contribution < -0.4 is 15.0 Å². The van der Waals surface area contributed by atoms with E-state index in [1.165, 1.54) is 11.6 Å². The third-order valence-electron chi connectivity index (χ3n) is 6.62. The molecule has 1 saturated heterocycles. The Bertz CT molecular complexity index is 1180. The number of halogens is 1. The minimum Gasteiger partial charge on any atom is -0.494 e. The van der Waals surface area contributed by atoms with Crippen LogP contribution >= 0.6 is 0 Å². The first-order valence-corrected chi connectivity index (χ1v) is 12.6. The molecule has 1 fully saturated rings. The van der Waals surface area contributed by atoms with Crippen molar-refractivity contribution >= 4 is 0 Å². The number of hydrogen-bond donors (Lipinski definition) is 1. The number of pyridine rings is 1. The van der Waals surface area contributed by atoms with Gasteiger partial charge in [0.1, 0.15) is 12.4 Å². The summed E-state index contributed by atoms with van der Waals surface area (Å²) in [5.74, 6) is 0.579. The maximum absolute atomic E-state index is 13.8. The summed E-state index contributed by atoms with van der Waals surface area (Å²) < 4.78 is 27.0. The second kappa shape index (κ2) is 12.2. The second-order valence-corrected chi connectivity index (χ2v) is 9.66. The molecule has 0 radical (unpaired) electrons. The van der Waals surface area contributed by atoms with Gasteiger partial charge in [-0.1, -0.05) is 30.3 Å². The number of ether oxygens (including phenoxy) is 2. The number of benzene rings is 2. The quantitative estimate of drug-likeness (QED) is 0.419. The summed E-state index contributed by atoms with van der Waals surface area (Å²) >= 11 is 0. The van der Waals surface area contributed by atoms with Crippen LogP contribution in [0.1, 0.15) is 36.8 Å². The summed E-state index contributed by atoms with van der Waals surface area (Å²) in [6.45, 7) is 5.66. The van der Waals surface area contributed by atoms with Crippen LogP contribution in [0, 0.1) is 12.7 Å². The lowest BCUT2D eigenvalue weighted by molar-refractivity contribution is -0.0177. The average Bonchev–Trinajstić information content (AvgIpc) is 3.06. The van der Waals surface area contributed by atoms with Crippen LogP contribution in [0.5, 0.6) is 11.5 Å². The maximum Gasteiger partial charge on any atom is 0.250 e. The third kappa shape index (κ3) is 7.42. The van der Waals surface area contributed by atoms with Crippen LogP contribution in [0.15, 0.2) is 71.7 Å². The maximum atomic E-state index is 13.8. The van der Waals surface area contributed by atoms with E-state index in [4.69, 9.17) is 9.47 Å². The first-order valence-electron chi connectivity index (χ1n) is 12.6. The molecule has 1 aliphatic heterocycles. The summed E-state index contributed by atoms with van der Waals surface area (Å²) in [5, 5.41) is 11.0. The minimum absolute atomic E-state index is 0.00882. The highest BCUT2D eigenvalue weighted by Gasteiger charge is 2.31. The fraction of sp³-hybridized carbons (Fsp3) is 0.414. The Morgan fingerprint density at radius 1 is 1.00 bits per heavy atom. The van der Waals surface area contributed by atoms with Crippen molar-refractivity contribution in [3.63, 3.8) is 0 Å². The molecule has 1 aliphatic rings. The monoisotopic (exact) mass is 494 g/mol. The first kappa shape index (κ1) is 25.9. The molecule has 0 bridgehead atoms. The van der Waals surface area contributed by atoms with Gasteiger partial charge in [0.15, 0.2) is 11.6 Å². The number of likely N-dealkylation sites (tertiary alicyclic amines) is 1. The van der Waals surface area contributed by atoms with Crippen LogP contribution in [0.2, 0.25) is 0 Å². The zero-order valence-corrected chi connectivity index (χ0v) is 20.9. The van der Waals surface area contributed by atoms with E-state index < -0.39 is 11.4 Å². The molecule has 1 N–H and O–H groups in total. The Morgan fingerprint density at radius 3 is 2.61 bits per heavy atom. The molecule has 2 heterocycles. The summed E-state index contributed by atoms with van der Waals surface area (Å²) in [6.07, 6.45) is 4.67. The van der Waals surface area contributed by atoms with Crippen LogP contribution in [0.3, 0.4) is 0 Å². The molecule has 36 heavy (non-hydrogen) atoms. The zero-order chi connectivity index (χ0) is 25.4. The SMILES string of the molecule is Cc1ccc(=O)n(CCCOc2ccc(CN3CCC[C@](O)(COc4ccccc4F)CC3)cc2)c1. The van der Waals surface area contributed by atoms with Gasteiger partial charge in [0.25, 0.3) is 5.56 Å². The van der Waals surface area contributed by atoms with Gasteiger partial charge in [-0.25, -0.2) is 4.39 Å². The Hall–Kier alpha value is -3.16. The number of rotatable bonds is 10. The molecule has 0 spiro atoms. The normalized spacial score (nSPS) is 18.5. The molecule has 3 aromatic rings. The number of aryl methyl sites for hydroxylation is 2. The van der Waals surface area contributed by atoms with E-state index in [9.17, 15) is 14.3 Å². The molecule has 0 unspecified atom stereocenters. The molecular formula is C29H35FN2O4. The fourth-order valence-corrected chi connectivity index (χ4v) is 4.51. The first-order chi connectivity index (χ1) is 17.4. The van der Waals surface area contributed by atoms with Crippen molar-refractivity contribution in [3.05, 3.63) is 94.2 Å². The number of hydrogen-bond acceptors (Lipinski definition) is 5. The number of para-hydroxylation sites is 1. The highest BCUT2D eigenvalue weighted by molar-refractivity contribution is 5.27. The predicted molar refractivity (Wildman–Crippen MR) is 138 cm³/mol. The topological polar surface area (TPSA) is 63.9 Å². The Kier molecular flexibility index (Phi) is 8.78. The molecular weight excluding hydrogens is 459 g/mol. The van der Waals surface area contributed by atoms with Crippen molar-refractivity contribution in [2.75, 3.05) is 26.3 Å². The highest BCUT2D eigenvalue weighted by Crippen LogP contribution is 2.26. The van der Waals surface area contributed by atoms with Gasteiger partial charge in [-0.3, -0.25) is 9.69 Å². The van der Waals surface area contributed by atoms with Gasteiger partial charge < -0.3 is 19.1 Å². The number of nitrogens with zero attached hydrogens (tertiary/aromatic N) is 2. The average molecular weight is 495 g/mol. The van der Waals surface area contributed by atoms with E-state index in [1.807, 2.05) is 31.3 Å². The zero-order valence-electron chi connectivity index (χ0n) is 20.9. The molecule has 0 aliphatic carbocycles.